The van der Waals surface area contributed by atoms with Crippen molar-refractivity contribution in [3.63, 3.8) is 0 Å². The Morgan fingerprint density at radius 1 is 0.862 bits per heavy atom. The second-order valence-electron chi connectivity index (χ2n) is 7.10. The number of ether oxygens (including phenoxy) is 3. The first-order valence-electron chi connectivity index (χ1n) is 9.14. The highest BCUT2D eigenvalue weighted by Crippen LogP contribution is 2.49. The van der Waals surface area contributed by atoms with Crippen molar-refractivity contribution in [2.24, 2.45) is 0 Å². The molecule has 1 heterocycles. The average Bonchev–Trinajstić information content (AvgIpc) is 3.51. The van der Waals surface area contributed by atoms with Gasteiger partial charge in [0, 0.05) is 0 Å². The highest BCUT2D eigenvalue weighted by atomic mass is 16.7. The molecule has 152 valence electrons. The van der Waals surface area contributed by atoms with Crippen molar-refractivity contribution in [3.05, 3.63) is 71.8 Å². The van der Waals surface area contributed by atoms with Crippen LogP contribution in [0.4, 0.5) is 0 Å². The molecule has 2 aromatic rings. The lowest BCUT2D eigenvalue weighted by Crippen LogP contribution is -2.61. The Balaban J connectivity index is 1.47. The van der Waals surface area contributed by atoms with E-state index in [0.29, 0.717) is 5.56 Å². The number of aliphatic hydroxyl groups is 3. The number of hydrogen-bond acceptors (Lipinski definition) is 8. The molecule has 2 fully saturated rings. The Hall–Kier alpha value is -2.78. The number of benzene rings is 2. The molecule has 8 nitrogen and oxygen atoms in total. The molecule has 2 aromatic carbocycles. The van der Waals surface area contributed by atoms with E-state index in [9.17, 15) is 24.9 Å². The Morgan fingerprint density at radius 3 is 2.00 bits per heavy atom. The fourth-order valence-corrected chi connectivity index (χ4v) is 3.57. The predicted octanol–water partition coefficient (Wildman–Crippen LogP) is 0.303. The molecule has 29 heavy (non-hydrogen) atoms. The molecule has 0 aromatic heterocycles. The van der Waals surface area contributed by atoms with Crippen molar-refractivity contribution < 1.29 is 39.1 Å². The van der Waals surface area contributed by atoms with Crippen molar-refractivity contribution in [1.82, 2.24) is 0 Å². The molecule has 8 heteroatoms. The van der Waals surface area contributed by atoms with E-state index in [-0.39, 0.29) is 12.2 Å². The highest BCUT2D eigenvalue weighted by molar-refractivity contribution is 5.90. The van der Waals surface area contributed by atoms with Gasteiger partial charge in [0.15, 0.2) is 11.7 Å². The first-order chi connectivity index (χ1) is 13.9. The number of esters is 2. The fourth-order valence-electron chi connectivity index (χ4n) is 3.57. The summed E-state index contributed by atoms with van der Waals surface area (Å²) in [7, 11) is 0. The zero-order valence-electron chi connectivity index (χ0n) is 15.3. The maximum Gasteiger partial charge on any atom is 0.338 e. The van der Waals surface area contributed by atoms with Crippen LogP contribution in [0.1, 0.15) is 20.7 Å². The summed E-state index contributed by atoms with van der Waals surface area (Å²) in [6, 6.07) is 16.3. The Kier molecular flexibility index (Phi) is 5.10. The normalized spacial score (nSPS) is 32.7. The summed E-state index contributed by atoms with van der Waals surface area (Å²) in [4.78, 5) is 24.5. The molecule has 3 N–H and O–H groups in total. The van der Waals surface area contributed by atoms with Crippen LogP contribution in [0, 0.1) is 0 Å². The van der Waals surface area contributed by atoms with E-state index in [1.54, 1.807) is 48.5 Å². The molecule has 2 aliphatic rings. The van der Waals surface area contributed by atoms with Crippen molar-refractivity contribution in [2.75, 3.05) is 6.61 Å². The number of rotatable bonds is 5. The van der Waals surface area contributed by atoms with Gasteiger partial charge in [0.1, 0.15) is 31.0 Å². The lowest BCUT2D eigenvalue weighted by atomic mass is 9.81. The standard InChI is InChI=1S/C21H20O8/c22-14-15(23)18-21(29-18,11-27-19(25)12-7-3-1-4-8-12)17(24)16(14)28-20(26)13-9-5-2-6-10-13/h1-10,14-18,22-24H,11H2/t14-,15-,16-,17+,18-,21+/m1/s1. The van der Waals surface area contributed by atoms with Crippen LogP contribution in [0.2, 0.25) is 0 Å². The first kappa shape index (κ1) is 19.5. The molecule has 1 saturated heterocycles. The fraction of sp³-hybridized carbons (Fsp3) is 0.333. The molecule has 4 rings (SSSR count). The third-order valence-electron chi connectivity index (χ3n) is 5.27. The third kappa shape index (κ3) is 3.51. The van der Waals surface area contributed by atoms with Gasteiger partial charge in [-0.15, -0.1) is 0 Å². The van der Waals surface area contributed by atoms with E-state index in [0.717, 1.165) is 0 Å². The molecule has 0 amide bonds. The van der Waals surface area contributed by atoms with Gasteiger partial charge in [-0.3, -0.25) is 0 Å². The summed E-state index contributed by atoms with van der Waals surface area (Å²) in [5.74, 6) is -1.39. The molecule has 0 unspecified atom stereocenters. The Bertz CT molecular complexity index is 886. The van der Waals surface area contributed by atoms with Crippen LogP contribution >= 0.6 is 0 Å². The Labute approximate surface area is 166 Å². The molecule has 1 aliphatic heterocycles. The molecular formula is C21H20O8. The minimum Gasteiger partial charge on any atom is -0.459 e. The molecule has 6 atom stereocenters. The zero-order valence-corrected chi connectivity index (χ0v) is 15.3. The van der Waals surface area contributed by atoms with Crippen LogP contribution in [0.3, 0.4) is 0 Å². The largest absolute Gasteiger partial charge is 0.459 e. The van der Waals surface area contributed by atoms with E-state index in [4.69, 9.17) is 14.2 Å². The van der Waals surface area contributed by atoms with Crippen LogP contribution in [-0.4, -0.2) is 70.0 Å². The minimum absolute atomic E-state index is 0.227. The van der Waals surface area contributed by atoms with Gasteiger partial charge in [-0.2, -0.15) is 0 Å². The Morgan fingerprint density at radius 2 is 1.41 bits per heavy atom. The minimum atomic E-state index is -1.55. The van der Waals surface area contributed by atoms with Crippen LogP contribution in [0.15, 0.2) is 60.7 Å². The number of hydrogen-bond donors (Lipinski definition) is 3. The van der Waals surface area contributed by atoms with Gasteiger partial charge in [-0.05, 0) is 24.3 Å². The van der Waals surface area contributed by atoms with E-state index >= 15 is 0 Å². The highest BCUT2D eigenvalue weighted by Gasteiger charge is 2.73. The first-order valence-corrected chi connectivity index (χ1v) is 9.14. The third-order valence-corrected chi connectivity index (χ3v) is 5.27. The SMILES string of the molecule is O=C(OC[C@@]12O[C@@H]1[C@H](O)[C@@H](O)[C@@H](OC(=O)c1ccccc1)[C@@H]2O)c1ccccc1. The quantitative estimate of drug-likeness (QED) is 0.483. The second-order valence-corrected chi connectivity index (χ2v) is 7.10. The molecule has 0 radical (unpaired) electrons. The van der Waals surface area contributed by atoms with Gasteiger partial charge in [0.2, 0.25) is 0 Å². The van der Waals surface area contributed by atoms with Crippen LogP contribution in [0.25, 0.3) is 0 Å². The second kappa shape index (κ2) is 7.57. The summed E-state index contributed by atoms with van der Waals surface area (Å²) in [5, 5.41) is 31.3. The van der Waals surface area contributed by atoms with Crippen LogP contribution in [0.5, 0.6) is 0 Å². The van der Waals surface area contributed by atoms with E-state index < -0.39 is 48.1 Å². The predicted molar refractivity (Wildman–Crippen MR) is 98.0 cm³/mol. The number of carbonyl (C=O) groups is 2. The van der Waals surface area contributed by atoms with E-state index in [1.165, 1.54) is 12.1 Å². The average molecular weight is 400 g/mol. The zero-order chi connectivity index (χ0) is 20.6. The van der Waals surface area contributed by atoms with Crippen LogP contribution in [-0.2, 0) is 14.2 Å². The summed E-state index contributed by atoms with van der Waals surface area (Å²) in [5.41, 5.74) is -0.908. The maximum atomic E-state index is 12.3. The van der Waals surface area contributed by atoms with E-state index in [1.807, 2.05) is 0 Å². The number of aliphatic hydroxyl groups excluding tert-OH is 3. The molecule has 0 bridgehead atoms. The number of fused-ring (bicyclic) bond motifs is 1. The smallest absolute Gasteiger partial charge is 0.338 e. The van der Waals surface area contributed by atoms with Gasteiger partial charge in [0.25, 0.3) is 0 Å². The molecular weight excluding hydrogens is 380 g/mol. The maximum absolute atomic E-state index is 12.3. The van der Waals surface area contributed by atoms with Crippen molar-refractivity contribution >= 4 is 11.9 Å². The molecule has 1 saturated carbocycles. The van der Waals surface area contributed by atoms with Crippen LogP contribution < -0.4 is 0 Å². The van der Waals surface area contributed by atoms with Crippen molar-refractivity contribution in [3.8, 4) is 0 Å². The monoisotopic (exact) mass is 400 g/mol. The lowest BCUT2D eigenvalue weighted by Gasteiger charge is -2.36. The van der Waals surface area contributed by atoms with Crippen molar-refractivity contribution in [1.29, 1.82) is 0 Å². The summed E-state index contributed by atoms with van der Waals surface area (Å²) >= 11 is 0. The summed E-state index contributed by atoms with van der Waals surface area (Å²) in [6.07, 6.45) is -6.86. The molecule has 0 spiro atoms. The lowest BCUT2D eigenvalue weighted by molar-refractivity contribution is -0.146. The topological polar surface area (TPSA) is 126 Å². The van der Waals surface area contributed by atoms with Gasteiger partial charge in [0.05, 0.1) is 11.1 Å². The van der Waals surface area contributed by atoms with Gasteiger partial charge < -0.3 is 29.5 Å². The number of carbonyl (C=O) groups excluding carboxylic acids is 2. The van der Waals surface area contributed by atoms with Gasteiger partial charge in [-0.1, -0.05) is 36.4 Å². The van der Waals surface area contributed by atoms with Gasteiger partial charge >= 0.3 is 11.9 Å². The molecule has 1 aliphatic carbocycles. The van der Waals surface area contributed by atoms with Crippen molar-refractivity contribution in [2.45, 2.75) is 36.1 Å². The van der Waals surface area contributed by atoms with E-state index in [2.05, 4.69) is 0 Å². The number of epoxide rings is 1. The van der Waals surface area contributed by atoms with Gasteiger partial charge in [-0.25, -0.2) is 9.59 Å². The summed E-state index contributed by atoms with van der Waals surface area (Å²) in [6.45, 7) is -0.365. The summed E-state index contributed by atoms with van der Waals surface area (Å²) < 4.78 is 15.9.